The summed E-state index contributed by atoms with van der Waals surface area (Å²) in [5.41, 5.74) is 0.627. The molecule has 1 N–H and O–H groups in total. The first-order chi connectivity index (χ1) is 6.89. The van der Waals surface area contributed by atoms with Crippen molar-refractivity contribution in [3.05, 3.63) is 27.8 Å². The van der Waals surface area contributed by atoms with E-state index in [0.717, 1.165) is 0 Å². The van der Waals surface area contributed by atoms with Gasteiger partial charge in [-0.15, -0.1) is 0 Å². The third kappa shape index (κ3) is 2.01. The van der Waals surface area contributed by atoms with E-state index in [9.17, 15) is 8.42 Å². The van der Waals surface area contributed by atoms with Gasteiger partial charge in [0.1, 0.15) is 4.90 Å². The van der Waals surface area contributed by atoms with Gasteiger partial charge in [-0.25, -0.2) is 8.42 Å². The van der Waals surface area contributed by atoms with Crippen molar-refractivity contribution in [2.45, 2.75) is 4.90 Å². The van der Waals surface area contributed by atoms with E-state index >= 15 is 0 Å². The van der Waals surface area contributed by atoms with E-state index in [1.54, 1.807) is 12.1 Å². The Morgan fingerprint density at radius 3 is 2.60 bits per heavy atom. The van der Waals surface area contributed by atoms with Gasteiger partial charge >= 0.3 is 0 Å². The average molecular weight is 329 g/mol. The molecule has 0 aliphatic heterocycles. The fraction of sp³-hybridized carbons (Fsp3) is 0. The number of aromatic nitrogens is 1. The lowest BCUT2D eigenvalue weighted by Gasteiger charge is -1.97. The summed E-state index contributed by atoms with van der Waals surface area (Å²) in [6.45, 7) is 0. The van der Waals surface area contributed by atoms with Gasteiger partial charge < -0.3 is 4.98 Å². The van der Waals surface area contributed by atoms with Crippen LogP contribution in [0.25, 0.3) is 10.9 Å². The molecule has 0 saturated heterocycles. The van der Waals surface area contributed by atoms with Crippen LogP contribution in [-0.2, 0) is 9.05 Å². The first-order valence-electron chi connectivity index (χ1n) is 3.80. The fourth-order valence-electron chi connectivity index (χ4n) is 1.29. The second-order valence-electron chi connectivity index (χ2n) is 2.90. The number of nitrogens with one attached hydrogen (secondary N) is 1. The minimum atomic E-state index is -3.74. The van der Waals surface area contributed by atoms with Gasteiger partial charge in [-0.1, -0.05) is 11.6 Å². The van der Waals surface area contributed by atoms with Crippen LogP contribution in [0.4, 0.5) is 0 Å². The quantitative estimate of drug-likeness (QED) is 0.814. The highest BCUT2D eigenvalue weighted by molar-refractivity contribution is 9.10. The lowest BCUT2D eigenvalue weighted by atomic mass is 10.2. The van der Waals surface area contributed by atoms with E-state index in [1.807, 2.05) is 0 Å². The van der Waals surface area contributed by atoms with Crippen LogP contribution >= 0.6 is 38.2 Å². The van der Waals surface area contributed by atoms with Crippen molar-refractivity contribution in [2.75, 3.05) is 0 Å². The molecule has 0 amide bonds. The predicted octanol–water partition coefficient (Wildman–Crippen LogP) is 3.51. The molecule has 0 aliphatic rings. The van der Waals surface area contributed by atoms with Crippen LogP contribution in [0.1, 0.15) is 0 Å². The molecular formula is C8H4BrCl2NO2S. The van der Waals surface area contributed by atoms with Gasteiger partial charge in [0, 0.05) is 32.3 Å². The SMILES string of the molecule is O=S(=O)(Cl)c1c[nH]c2cc(Cl)c(Br)cc12. The summed E-state index contributed by atoms with van der Waals surface area (Å²) in [5.74, 6) is 0. The van der Waals surface area contributed by atoms with Crippen LogP contribution in [-0.4, -0.2) is 13.4 Å². The highest BCUT2D eigenvalue weighted by Gasteiger charge is 2.16. The Morgan fingerprint density at radius 2 is 2.00 bits per heavy atom. The van der Waals surface area contributed by atoms with Crippen molar-refractivity contribution in [3.63, 3.8) is 0 Å². The maximum absolute atomic E-state index is 11.2. The number of rotatable bonds is 1. The average Bonchev–Trinajstić information content (AvgIpc) is 2.47. The summed E-state index contributed by atoms with van der Waals surface area (Å²) in [6, 6.07) is 3.25. The molecule has 0 aliphatic carbocycles. The number of hydrogen-bond acceptors (Lipinski definition) is 2. The second-order valence-corrected chi connectivity index (χ2v) is 6.70. The Morgan fingerprint density at radius 1 is 1.33 bits per heavy atom. The van der Waals surface area contributed by atoms with Crippen LogP contribution in [0.2, 0.25) is 5.02 Å². The molecule has 0 spiro atoms. The van der Waals surface area contributed by atoms with Gasteiger partial charge in [-0.2, -0.15) is 0 Å². The fourth-order valence-corrected chi connectivity index (χ4v) is 2.81. The molecule has 3 nitrogen and oxygen atoms in total. The topological polar surface area (TPSA) is 49.9 Å². The third-order valence-corrected chi connectivity index (χ3v) is 4.51. The number of halogens is 3. The smallest absolute Gasteiger partial charge is 0.263 e. The molecule has 7 heteroatoms. The molecule has 2 rings (SSSR count). The normalized spacial score (nSPS) is 12.2. The van der Waals surface area contributed by atoms with E-state index < -0.39 is 9.05 Å². The maximum atomic E-state index is 11.2. The van der Waals surface area contributed by atoms with Gasteiger partial charge in [0.15, 0.2) is 0 Å². The number of fused-ring (bicyclic) bond motifs is 1. The molecule has 1 aromatic carbocycles. The molecule has 0 bridgehead atoms. The van der Waals surface area contributed by atoms with Crippen molar-refractivity contribution >= 4 is 58.2 Å². The first-order valence-corrected chi connectivity index (χ1v) is 7.28. The predicted molar refractivity (Wildman–Crippen MR) is 64.0 cm³/mol. The molecular weight excluding hydrogens is 325 g/mol. The standard InChI is InChI=1S/C8H4BrCl2NO2S/c9-5-1-4-7(2-6(5)10)12-3-8(4)15(11,13)14/h1-3,12H. The molecule has 1 heterocycles. The first kappa shape index (κ1) is 11.3. The number of aromatic amines is 1. The van der Waals surface area contributed by atoms with Crippen LogP contribution in [0.3, 0.4) is 0 Å². The Labute approximate surface area is 104 Å². The Kier molecular flexibility index (Phi) is 2.75. The lowest BCUT2D eigenvalue weighted by molar-refractivity contribution is 0.610. The second kappa shape index (κ2) is 3.66. The Balaban J connectivity index is 2.87. The summed E-state index contributed by atoms with van der Waals surface area (Å²) in [4.78, 5) is 2.85. The summed E-state index contributed by atoms with van der Waals surface area (Å²) in [5, 5.41) is 1.02. The highest BCUT2D eigenvalue weighted by Crippen LogP contribution is 2.32. The van der Waals surface area contributed by atoms with Crippen molar-refractivity contribution in [1.29, 1.82) is 0 Å². The zero-order valence-electron chi connectivity index (χ0n) is 7.09. The molecule has 0 atom stereocenters. The zero-order chi connectivity index (χ0) is 11.2. The molecule has 0 unspecified atom stereocenters. The van der Waals surface area contributed by atoms with Crippen LogP contribution in [0, 0.1) is 0 Å². The lowest BCUT2D eigenvalue weighted by Crippen LogP contribution is -1.87. The largest absolute Gasteiger partial charge is 0.360 e. The number of H-pyrrole nitrogens is 1. The summed E-state index contributed by atoms with van der Waals surface area (Å²) in [7, 11) is 1.54. The Hall–Kier alpha value is -0.230. The van der Waals surface area contributed by atoms with E-state index in [4.69, 9.17) is 22.3 Å². The van der Waals surface area contributed by atoms with E-state index in [2.05, 4.69) is 20.9 Å². The summed E-state index contributed by atoms with van der Waals surface area (Å²) in [6.07, 6.45) is 1.34. The molecule has 80 valence electrons. The van der Waals surface area contributed by atoms with Gasteiger partial charge in [-0.3, -0.25) is 0 Å². The Bertz CT molecular complexity index is 635. The van der Waals surface area contributed by atoms with Crippen LogP contribution < -0.4 is 0 Å². The van der Waals surface area contributed by atoms with Crippen molar-refractivity contribution < 1.29 is 8.42 Å². The van der Waals surface area contributed by atoms with Gasteiger partial charge in [-0.05, 0) is 28.1 Å². The number of benzene rings is 1. The third-order valence-electron chi connectivity index (χ3n) is 1.95. The van der Waals surface area contributed by atoms with Gasteiger partial charge in [0.05, 0.1) is 5.02 Å². The van der Waals surface area contributed by atoms with Crippen LogP contribution in [0.15, 0.2) is 27.7 Å². The molecule has 0 radical (unpaired) electrons. The molecule has 15 heavy (non-hydrogen) atoms. The number of hydrogen-bond donors (Lipinski definition) is 1. The van der Waals surface area contributed by atoms with E-state index in [1.165, 1.54) is 6.20 Å². The minimum Gasteiger partial charge on any atom is -0.360 e. The highest BCUT2D eigenvalue weighted by atomic mass is 79.9. The molecule has 0 fully saturated rings. The van der Waals surface area contributed by atoms with Crippen LogP contribution in [0.5, 0.6) is 0 Å². The van der Waals surface area contributed by atoms with E-state index in [0.29, 0.717) is 20.4 Å². The summed E-state index contributed by atoms with van der Waals surface area (Å²) >= 11 is 9.08. The van der Waals surface area contributed by atoms with Crippen molar-refractivity contribution in [1.82, 2.24) is 4.98 Å². The van der Waals surface area contributed by atoms with Crippen molar-refractivity contribution in [2.24, 2.45) is 0 Å². The monoisotopic (exact) mass is 327 g/mol. The summed E-state index contributed by atoms with van der Waals surface area (Å²) < 4.78 is 23.0. The van der Waals surface area contributed by atoms with Gasteiger partial charge in [0.2, 0.25) is 0 Å². The van der Waals surface area contributed by atoms with Crippen molar-refractivity contribution in [3.8, 4) is 0 Å². The molecule has 0 saturated carbocycles. The zero-order valence-corrected chi connectivity index (χ0v) is 11.0. The van der Waals surface area contributed by atoms with Gasteiger partial charge in [0.25, 0.3) is 9.05 Å². The maximum Gasteiger partial charge on any atom is 0.263 e. The molecule has 1 aromatic heterocycles. The minimum absolute atomic E-state index is 0.0523. The van der Waals surface area contributed by atoms with E-state index in [-0.39, 0.29) is 4.90 Å². The molecule has 2 aromatic rings.